The molecule has 1 saturated heterocycles. The van der Waals surface area contributed by atoms with Crippen LogP contribution in [-0.4, -0.2) is 35.9 Å². The summed E-state index contributed by atoms with van der Waals surface area (Å²) in [7, 11) is 1.83. The van der Waals surface area contributed by atoms with Gasteiger partial charge in [-0.2, -0.15) is 0 Å². The van der Waals surface area contributed by atoms with Crippen molar-refractivity contribution in [3.8, 4) is 0 Å². The number of carbonyl (C=O) groups excluding carboxylic acids is 1. The summed E-state index contributed by atoms with van der Waals surface area (Å²) in [4.78, 5) is 21.3. The lowest BCUT2D eigenvalue weighted by Crippen LogP contribution is -2.34. The van der Waals surface area contributed by atoms with Crippen LogP contribution < -0.4 is 4.90 Å². The second-order valence-electron chi connectivity index (χ2n) is 8.17. The van der Waals surface area contributed by atoms with Gasteiger partial charge in [0.1, 0.15) is 5.69 Å². The van der Waals surface area contributed by atoms with Crippen LogP contribution in [0.1, 0.15) is 34.5 Å². The Kier molecular flexibility index (Phi) is 6.43. The summed E-state index contributed by atoms with van der Waals surface area (Å²) in [5, 5.41) is 0. The number of hydrogen-bond donors (Lipinski definition) is 0. The van der Waals surface area contributed by atoms with Crippen LogP contribution in [0.15, 0.2) is 79.0 Å². The first-order valence-electron chi connectivity index (χ1n) is 10.7. The van der Waals surface area contributed by atoms with Crippen molar-refractivity contribution in [3.05, 3.63) is 95.8 Å². The molecule has 4 heteroatoms. The molecule has 4 rings (SSSR count). The minimum absolute atomic E-state index is 0.0420. The first kappa shape index (κ1) is 20.1. The van der Waals surface area contributed by atoms with Crippen LogP contribution in [0.2, 0.25) is 0 Å². The maximum Gasteiger partial charge on any atom is 0.272 e. The van der Waals surface area contributed by atoms with Gasteiger partial charge in [0.15, 0.2) is 0 Å². The lowest BCUT2D eigenvalue weighted by Gasteiger charge is -2.34. The molecule has 0 saturated carbocycles. The van der Waals surface area contributed by atoms with Crippen molar-refractivity contribution in [3.63, 3.8) is 0 Å². The molecule has 30 heavy (non-hydrogen) atoms. The fourth-order valence-electron chi connectivity index (χ4n) is 4.20. The molecule has 4 nitrogen and oxygen atoms in total. The van der Waals surface area contributed by atoms with Crippen LogP contribution in [0.25, 0.3) is 0 Å². The molecule has 2 aromatic carbocycles. The number of piperidine rings is 1. The van der Waals surface area contributed by atoms with E-state index >= 15 is 0 Å². The third kappa shape index (κ3) is 5.07. The maximum absolute atomic E-state index is 12.9. The molecular formula is C26H29N3O. The molecule has 0 bridgehead atoms. The molecule has 1 amide bonds. The monoisotopic (exact) mass is 399 g/mol. The fraction of sp³-hybridized carbons (Fsp3) is 0.308. The summed E-state index contributed by atoms with van der Waals surface area (Å²) < 4.78 is 0. The molecule has 1 aliphatic rings. The van der Waals surface area contributed by atoms with Crippen molar-refractivity contribution >= 4 is 11.6 Å². The topological polar surface area (TPSA) is 36.4 Å². The standard InChI is InChI=1S/C26H29N3O/c1-28(20-23-10-6-3-7-11-23)26(30)25-19-24(12-15-27-25)29-16-13-22(14-17-29)18-21-8-4-2-5-9-21/h2-12,15,19,22H,13-14,16-18,20H2,1H3. The number of carbonyl (C=O) groups is 1. The number of pyridine rings is 1. The highest BCUT2D eigenvalue weighted by molar-refractivity contribution is 5.93. The number of anilines is 1. The molecule has 0 spiro atoms. The van der Waals surface area contributed by atoms with E-state index in [-0.39, 0.29) is 5.91 Å². The Morgan fingerprint density at radius 1 is 0.967 bits per heavy atom. The summed E-state index contributed by atoms with van der Waals surface area (Å²) in [5.41, 5.74) is 4.15. The van der Waals surface area contributed by atoms with E-state index in [2.05, 4.69) is 40.2 Å². The zero-order valence-electron chi connectivity index (χ0n) is 17.6. The van der Waals surface area contributed by atoms with Crippen LogP contribution in [0.5, 0.6) is 0 Å². The molecule has 3 aromatic rings. The van der Waals surface area contributed by atoms with Gasteiger partial charge in [-0.1, -0.05) is 60.7 Å². The van der Waals surface area contributed by atoms with E-state index in [0.29, 0.717) is 12.2 Å². The number of amides is 1. The normalized spacial score (nSPS) is 14.5. The van der Waals surface area contributed by atoms with Crippen molar-refractivity contribution in [2.75, 3.05) is 25.0 Å². The van der Waals surface area contributed by atoms with Gasteiger partial charge >= 0.3 is 0 Å². The van der Waals surface area contributed by atoms with E-state index in [4.69, 9.17) is 0 Å². The smallest absolute Gasteiger partial charge is 0.272 e. The van der Waals surface area contributed by atoms with Crippen LogP contribution in [0.4, 0.5) is 5.69 Å². The van der Waals surface area contributed by atoms with Crippen LogP contribution in [0, 0.1) is 5.92 Å². The summed E-state index contributed by atoms with van der Waals surface area (Å²) >= 11 is 0. The lowest BCUT2D eigenvalue weighted by molar-refractivity contribution is 0.0779. The Morgan fingerprint density at radius 2 is 1.60 bits per heavy atom. The molecule has 0 radical (unpaired) electrons. The first-order chi connectivity index (χ1) is 14.7. The van der Waals surface area contributed by atoms with Crippen molar-refractivity contribution in [2.24, 2.45) is 5.92 Å². The van der Waals surface area contributed by atoms with Gasteiger partial charge < -0.3 is 9.80 Å². The highest BCUT2D eigenvalue weighted by Crippen LogP contribution is 2.26. The Labute approximate surface area is 179 Å². The SMILES string of the molecule is CN(Cc1ccccc1)C(=O)c1cc(N2CCC(Cc3ccccc3)CC2)ccn1. The number of hydrogen-bond acceptors (Lipinski definition) is 3. The third-order valence-corrected chi connectivity index (χ3v) is 5.92. The Bertz CT molecular complexity index is 950. The molecule has 154 valence electrons. The maximum atomic E-state index is 12.9. The number of benzene rings is 2. The first-order valence-corrected chi connectivity index (χ1v) is 10.7. The van der Waals surface area contributed by atoms with Crippen LogP contribution >= 0.6 is 0 Å². The summed E-state index contributed by atoms with van der Waals surface area (Å²) in [6.07, 6.45) is 5.26. The second-order valence-corrected chi connectivity index (χ2v) is 8.17. The van der Waals surface area contributed by atoms with E-state index in [9.17, 15) is 4.79 Å². The third-order valence-electron chi connectivity index (χ3n) is 5.92. The number of rotatable bonds is 6. The zero-order valence-corrected chi connectivity index (χ0v) is 17.6. The van der Waals surface area contributed by atoms with Crippen molar-refractivity contribution in [1.82, 2.24) is 9.88 Å². The fourth-order valence-corrected chi connectivity index (χ4v) is 4.20. The molecule has 1 aliphatic heterocycles. The van der Waals surface area contributed by atoms with E-state index in [1.807, 2.05) is 49.5 Å². The average Bonchev–Trinajstić information content (AvgIpc) is 2.80. The van der Waals surface area contributed by atoms with Gasteiger partial charge in [-0.25, -0.2) is 0 Å². The predicted octanol–water partition coefficient (Wildman–Crippen LogP) is 4.81. The van der Waals surface area contributed by atoms with Crippen LogP contribution in [0.3, 0.4) is 0 Å². The molecule has 2 heterocycles. The summed E-state index contributed by atoms with van der Waals surface area (Å²) in [6.45, 7) is 2.63. The second kappa shape index (κ2) is 9.57. The minimum Gasteiger partial charge on any atom is -0.371 e. The van der Waals surface area contributed by atoms with Gasteiger partial charge in [-0.05, 0) is 48.4 Å². The van der Waals surface area contributed by atoms with Crippen molar-refractivity contribution < 1.29 is 4.79 Å². The molecule has 0 aliphatic carbocycles. The van der Waals surface area contributed by atoms with Gasteiger partial charge in [-0.3, -0.25) is 9.78 Å². The molecule has 0 atom stereocenters. The summed E-state index contributed by atoms with van der Waals surface area (Å²) in [6, 6.07) is 24.8. The lowest BCUT2D eigenvalue weighted by atomic mass is 9.90. The van der Waals surface area contributed by atoms with Gasteiger partial charge in [0.25, 0.3) is 5.91 Å². The molecular weight excluding hydrogens is 370 g/mol. The van der Waals surface area contributed by atoms with E-state index in [0.717, 1.165) is 36.7 Å². The minimum atomic E-state index is -0.0420. The quantitative estimate of drug-likeness (QED) is 0.597. The highest BCUT2D eigenvalue weighted by atomic mass is 16.2. The highest BCUT2D eigenvalue weighted by Gasteiger charge is 2.21. The molecule has 0 N–H and O–H groups in total. The van der Waals surface area contributed by atoms with Gasteiger partial charge in [-0.15, -0.1) is 0 Å². The van der Waals surface area contributed by atoms with Crippen molar-refractivity contribution in [2.45, 2.75) is 25.8 Å². The molecule has 1 fully saturated rings. The van der Waals surface area contributed by atoms with Gasteiger partial charge in [0.05, 0.1) is 0 Å². The number of aromatic nitrogens is 1. The molecule has 0 unspecified atom stereocenters. The Hall–Kier alpha value is -3.14. The summed E-state index contributed by atoms with van der Waals surface area (Å²) in [5.74, 6) is 0.684. The average molecular weight is 400 g/mol. The zero-order chi connectivity index (χ0) is 20.8. The predicted molar refractivity (Wildman–Crippen MR) is 122 cm³/mol. The van der Waals surface area contributed by atoms with Gasteiger partial charge in [0, 0.05) is 38.6 Å². The Morgan fingerprint density at radius 3 is 2.27 bits per heavy atom. The molecule has 1 aromatic heterocycles. The Balaban J connectivity index is 1.36. The van der Waals surface area contributed by atoms with Crippen LogP contribution in [-0.2, 0) is 13.0 Å². The van der Waals surface area contributed by atoms with Crippen molar-refractivity contribution in [1.29, 1.82) is 0 Å². The van der Waals surface area contributed by atoms with E-state index < -0.39 is 0 Å². The number of nitrogens with zero attached hydrogens (tertiary/aromatic N) is 3. The van der Waals surface area contributed by atoms with Gasteiger partial charge in [0.2, 0.25) is 0 Å². The largest absolute Gasteiger partial charge is 0.371 e. The van der Waals surface area contributed by atoms with E-state index in [1.54, 1.807) is 11.1 Å². The van der Waals surface area contributed by atoms with E-state index in [1.165, 1.54) is 18.4 Å².